The zero-order chi connectivity index (χ0) is 11.4. The normalized spacial score (nSPS) is 19.8. The predicted octanol–water partition coefficient (Wildman–Crippen LogP) is 3.02. The van der Waals surface area contributed by atoms with E-state index >= 15 is 0 Å². The largest absolute Gasteiger partial charge is 0.497 e. The summed E-state index contributed by atoms with van der Waals surface area (Å²) in [6.07, 6.45) is 2.47. The number of halogens is 1. The van der Waals surface area contributed by atoms with E-state index in [1.165, 1.54) is 0 Å². The van der Waals surface area contributed by atoms with Crippen LogP contribution in [0.3, 0.4) is 0 Å². The first-order valence-corrected chi connectivity index (χ1v) is 6.17. The van der Waals surface area contributed by atoms with E-state index < -0.39 is 0 Å². The molecular formula is C12H15BrO3. The minimum atomic E-state index is 0.244. The fourth-order valence-electron chi connectivity index (χ4n) is 1.68. The van der Waals surface area contributed by atoms with Gasteiger partial charge < -0.3 is 14.2 Å². The fourth-order valence-corrected chi connectivity index (χ4v) is 2.16. The van der Waals surface area contributed by atoms with Crippen molar-refractivity contribution in [2.75, 3.05) is 20.3 Å². The summed E-state index contributed by atoms with van der Waals surface area (Å²) in [5, 5.41) is 0. The lowest BCUT2D eigenvalue weighted by molar-refractivity contribution is 0.0677. The Morgan fingerprint density at radius 1 is 1.50 bits per heavy atom. The van der Waals surface area contributed by atoms with Crippen LogP contribution in [0.15, 0.2) is 22.7 Å². The molecule has 0 radical (unpaired) electrons. The van der Waals surface area contributed by atoms with E-state index in [0.29, 0.717) is 6.61 Å². The van der Waals surface area contributed by atoms with Crippen LogP contribution in [0, 0.1) is 0 Å². The molecule has 1 fully saturated rings. The van der Waals surface area contributed by atoms with Crippen LogP contribution in [-0.2, 0) is 4.74 Å². The molecule has 1 atom stereocenters. The summed E-state index contributed by atoms with van der Waals surface area (Å²) in [5.74, 6) is 1.65. The highest BCUT2D eigenvalue weighted by Gasteiger charge is 2.16. The van der Waals surface area contributed by atoms with Crippen LogP contribution in [0.25, 0.3) is 0 Å². The van der Waals surface area contributed by atoms with Gasteiger partial charge in [0.05, 0.1) is 17.7 Å². The van der Waals surface area contributed by atoms with E-state index in [9.17, 15) is 0 Å². The average molecular weight is 287 g/mol. The molecule has 0 spiro atoms. The second-order valence-corrected chi connectivity index (χ2v) is 4.60. The van der Waals surface area contributed by atoms with Crippen LogP contribution >= 0.6 is 15.9 Å². The Balaban J connectivity index is 1.93. The highest BCUT2D eigenvalue weighted by molar-refractivity contribution is 9.10. The second-order valence-electron chi connectivity index (χ2n) is 3.74. The summed E-state index contributed by atoms with van der Waals surface area (Å²) in [4.78, 5) is 0. The topological polar surface area (TPSA) is 27.7 Å². The zero-order valence-electron chi connectivity index (χ0n) is 9.24. The van der Waals surface area contributed by atoms with E-state index in [2.05, 4.69) is 15.9 Å². The molecule has 4 heteroatoms. The third-order valence-electron chi connectivity index (χ3n) is 2.59. The van der Waals surface area contributed by atoms with Crippen molar-refractivity contribution in [1.82, 2.24) is 0 Å². The molecule has 0 saturated carbocycles. The lowest BCUT2D eigenvalue weighted by Gasteiger charge is -2.13. The maximum atomic E-state index is 5.69. The maximum absolute atomic E-state index is 5.69. The smallest absolute Gasteiger partial charge is 0.133 e. The zero-order valence-corrected chi connectivity index (χ0v) is 10.8. The van der Waals surface area contributed by atoms with Gasteiger partial charge in [0.25, 0.3) is 0 Å². The molecule has 1 unspecified atom stereocenters. The molecule has 0 aliphatic carbocycles. The molecule has 0 bridgehead atoms. The molecule has 1 saturated heterocycles. The van der Waals surface area contributed by atoms with Gasteiger partial charge in [-0.05, 0) is 47.0 Å². The third kappa shape index (κ3) is 2.89. The molecule has 1 heterocycles. The van der Waals surface area contributed by atoms with Gasteiger partial charge in [-0.1, -0.05) is 0 Å². The lowest BCUT2D eigenvalue weighted by atomic mass is 10.2. The molecule has 1 aromatic carbocycles. The van der Waals surface area contributed by atoms with Crippen LogP contribution in [-0.4, -0.2) is 26.4 Å². The monoisotopic (exact) mass is 286 g/mol. The van der Waals surface area contributed by atoms with Crippen LogP contribution in [0.4, 0.5) is 0 Å². The van der Waals surface area contributed by atoms with E-state index in [-0.39, 0.29) is 6.10 Å². The van der Waals surface area contributed by atoms with E-state index in [1.807, 2.05) is 18.2 Å². The first kappa shape index (κ1) is 11.7. The van der Waals surface area contributed by atoms with Gasteiger partial charge >= 0.3 is 0 Å². The number of rotatable bonds is 4. The van der Waals surface area contributed by atoms with Gasteiger partial charge in [-0.15, -0.1) is 0 Å². The van der Waals surface area contributed by atoms with Crippen LogP contribution in [0.5, 0.6) is 11.5 Å². The van der Waals surface area contributed by atoms with Crippen LogP contribution in [0.1, 0.15) is 12.8 Å². The molecule has 1 aromatic rings. The van der Waals surface area contributed by atoms with E-state index in [4.69, 9.17) is 14.2 Å². The quantitative estimate of drug-likeness (QED) is 0.852. The summed E-state index contributed by atoms with van der Waals surface area (Å²) in [5.41, 5.74) is 0. The summed E-state index contributed by atoms with van der Waals surface area (Å²) >= 11 is 3.45. The summed E-state index contributed by atoms with van der Waals surface area (Å²) in [7, 11) is 1.65. The molecule has 88 valence electrons. The van der Waals surface area contributed by atoms with Crippen molar-refractivity contribution in [2.24, 2.45) is 0 Å². The van der Waals surface area contributed by atoms with Gasteiger partial charge in [0, 0.05) is 6.61 Å². The highest BCUT2D eigenvalue weighted by Crippen LogP contribution is 2.29. The lowest BCUT2D eigenvalue weighted by Crippen LogP contribution is -2.16. The summed E-state index contributed by atoms with van der Waals surface area (Å²) in [6.45, 7) is 1.47. The van der Waals surface area contributed by atoms with Crippen molar-refractivity contribution in [1.29, 1.82) is 0 Å². The average Bonchev–Trinajstić information content (AvgIpc) is 2.80. The van der Waals surface area contributed by atoms with Crippen molar-refractivity contribution < 1.29 is 14.2 Å². The van der Waals surface area contributed by atoms with Gasteiger partial charge in [-0.2, -0.15) is 0 Å². The van der Waals surface area contributed by atoms with Gasteiger partial charge in [-0.3, -0.25) is 0 Å². The van der Waals surface area contributed by atoms with Crippen molar-refractivity contribution >= 4 is 15.9 Å². The maximum Gasteiger partial charge on any atom is 0.133 e. The van der Waals surface area contributed by atoms with Gasteiger partial charge in [0.1, 0.15) is 18.1 Å². The van der Waals surface area contributed by atoms with Crippen LogP contribution < -0.4 is 9.47 Å². The first-order chi connectivity index (χ1) is 7.79. The Hall–Kier alpha value is -0.740. The van der Waals surface area contributed by atoms with Gasteiger partial charge in [0.15, 0.2) is 0 Å². The van der Waals surface area contributed by atoms with E-state index in [1.54, 1.807) is 7.11 Å². The minimum absolute atomic E-state index is 0.244. The van der Waals surface area contributed by atoms with Gasteiger partial charge in [-0.25, -0.2) is 0 Å². The Labute approximate surface area is 104 Å². The molecule has 16 heavy (non-hydrogen) atoms. The third-order valence-corrected chi connectivity index (χ3v) is 3.21. The number of ether oxygens (including phenoxy) is 3. The van der Waals surface area contributed by atoms with Gasteiger partial charge in [0.2, 0.25) is 0 Å². The van der Waals surface area contributed by atoms with Crippen LogP contribution in [0.2, 0.25) is 0 Å². The molecule has 0 amide bonds. The molecule has 0 aromatic heterocycles. The fraction of sp³-hybridized carbons (Fsp3) is 0.500. The number of methoxy groups -OCH3 is 1. The second kappa shape index (κ2) is 5.55. The van der Waals surface area contributed by atoms with Crippen molar-refractivity contribution in [3.05, 3.63) is 22.7 Å². The molecule has 1 aliphatic heterocycles. The Morgan fingerprint density at radius 3 is 3.00 bits per heavy atom. The van der Waals surface area contributed by atoms with Crippen molar-refractivity contribution in [3.63, 3.8) is 0 Å². The number of benzene rings is 1. The highest BCUT2D eigenvalue weighted by atomic mass is 79.9. The van der Waals surface area contributed by atoms with E-state index in [0.717, 1.165) is 35.4 Å². The molecular weight excluding hydrogens is 272 g/mol. The van der Waals surface area contributed by atoms with Crippen molar-refractivity contribution in [2.45, 2.75) is 18.9 Å². The Kier molecular flexibility index (Phi) is 4.07. The first-order valence-electron chi connectivity index (χ1n) is 5.37. The predicted molar refractivity (Wildman–Crippen MR) is 65.2 cm³/mol. The Bertz CT molecular complexity index is 348. The molecule has 3 nitrogen and oxygen atoms in total. The molecule has 0 N–H and O–H groups in total. The SMILES string of the molecule is COc1ccc(OCC2CCCO2)c(Br)c1. The summed E-state index contributed by atoms with van der Waals surface area (Å²) in [6, 6.07) is 5.68. The minimum Gasteiger partial charge on any atom is -0.497 e. The Morgan fingerprint density at radius 2 is 2.38 bits per heavy atom. The number of hydrogen-bond acceptors (Lipinski definition) is 3. The van der Waals surface area contributed by atoms with Crippen molar-refractivity contribution in [3.8, 4) is 11.5 Å². The number of hydrogen-bond donors (Lipinski definition) is 0. The molecule has 1 aliphatic rings. The summed E-state index contributed by atoms with van der Waals surface area (Å²) < 4.78 is 17.2. The molecule has 2 rings (SSSR count). The standard InChI is InChI=1S/C12H15BrO3/c1-14-9-4-5-12(11(13)7-9)16-8-10-3-2-6-15-10/h4-5,7,10H,2-3,6,8H2,1H3.